The molecule has 5 nitrogen and oxygen atoms in total. The summed E-state index contributed by atoms with van der Waals surface area (Å²) in [6.07, 6.45) is -4.79. The predicted octanol–water partition coefficient (Wildman–Crippen LogP) is 3.21. The van der Waals surface area contributed by atoms with E-state index in [2.05, 4.69) is 10.1 Å². The number of amides is 2. The van der Waals surface area contributed by atoms with Gasteiger partial charge in [-0.25, -0.2) is 4.79 Å². The van der Waals surface area contributed by atoms with Gasteiger partial charge in [-0.05, 0) is 32.9 Å². The SMILES string of the molecule is CCN(CC(C)(C)O)C(=O)Nc1cccc(OC(F)(F)F)c1. The van der Waals surface area contributed by atoms with Crippen LogP contribution >= 0.6 is 0 Å². The Morgan fingerprint density at radius 1 is 1.36 bits per heavy atom. The molecule has 1 rings (SSSR count). The van der Waals surface area contributed by atoms with Crippen molar-refractivity contribution in [2.45, 2.75) is 32.7 Å². The zero-order chi connectivity index (χ0) is 17.0. The quantitative estimate of drug-likeness (QED) is 0.876. The van der Waals surface area contributed by atoms with Crippen LogP contribution in [0.1, 0.15) is 20.8 Å². The first-order chi connectivity index (χ1) is 10.00. The summed E-state index contributed by atoms with van der Waals surface area (Å²) >= 11 is 0. The monoisotopic (exact) mass is 320 g/mol. The molecule has 0 atom stereocenters. The number of nitrogens with zero attached hydrogens (tertiary/aromatic N) is 1. The molecule has 0 heterocycles. The Bertz CT molecular complexity index is 513. The molecule has 0 aromatic heterocycles. The summed E-state index contributed by atoms with van der Waals surface area (Å²) < 4.78 is 40.3. The van der Waals surface area contributed by atoms with Gasteiger partial charge in [-0.15, -0.1) is 13.2 Å². The average Bonchev–Trinajstić information content (AvgIpc) is 2.33. The molecule has 124 valence electrons. The van der Waals surface area contributed by atoms with Gasteiger partial charge in [-0.3, -0.25) is 0 Å². The molecule has 0 unspecified atom stereocenters. The summed E-state index contributed by atoms with van der Waals surface area (Å²) in [7, 11) is 0. The molecule has 0 bridgehead atoms. The number of anilines is 1. The second-order valence-electron chi connectivity index (χ2n) is 5.33. The minimum Gasteiger partial charge on any atom is -0.406 e. The first-order valence-corrected chi connectivity index (χ1v) is 6.64. The van der Waals surface area contributed by atoms with Gasteiger partial charge < -0.3 is 20.1 Å². The minimum absolute atomic E-state index is 0.0913. The van der Waals surface area contributed by atoms with Gasteiger partial charge in [-0.2, -0.15) is 0 Å². The number of carbonyl (C=O) groups excluding carboxylic acids is 1. The number of rotatable bonds is 5. The van der Waals surface area contributed by atoms with Crippen molar-refractivity contribution in [3.8, 4) is 5.75 Å². The fourth-order valence-corrected chi connectivity index (χ4v) is 1.77. The van der Waals surface area contributed by atoms with Crippen LogP contribution in [-0.2, 0) is 0 Å². The number of halogens is 3. The van der Waals surface area contributed by atoms with Gasteiger partial charge in [0.2, 0.25) is 0 Å². The highest BCUT2D eigenvalue weighted by Crippen LogP contribution is 2.25. The largest absolute Gasteiger partial charge is 0.573 e. The molecule has 0 saturated heterocycles. The lowest BCUT2D eigenvalue weighted by Gasteiger charge is -2.28. The summed E-state index contributed by atoms with van der Waals surface area (Å²) in [6, 6.07) is 4.47. The second kappa shape index (κ2) is 6.87. The van der Waals surface area contributed by atoms with Crippen molar-refractivity contribution < 1.29 is 27.8 Å². The molecular weight excluding hydrogens is 301 g/mol. The number of hydrogen-bond acceptors (Lipinski definition) is 3. The fourth-order valence-electron chi connectivity index (χ4n) is 1.77. The zero-order valence-corrected chi connectivity index (χ0v) is 12.6. The highest BCUT2D eigenvalue weighted by atomic mass is 19.4. The van der Waals surface area contributed by atoms with Crippen molar-refractivity contribution in [1.82, 2.24) is 4.90 Å². The first kappa shape index (κ1) is 18.1. The lowest BCUT2D eigenvalue weighted by atomic mass is 10.1. The van der Waals surface area contributed by atoms with E-state index in [1.54, 1.807) is 20.8 Å². The van der Waals surface area contributed by atoms with Crippen LogP contribution in [0.2, 0.25) is 0 Å². The van der Waals surface area contributed by atoms with E-state index in [1.807, 2.05) is 0 Å². The molecule has 8 heteroatoms. The van der Waals surface area contributed by atoms with Crippen LogP contribution < -0.4 is 10.1 Å². The van der Waals surface area contributed by atoms with Crippen LogP contribution in [0.25, 0.3) is 0 Å². The number of carbonyl (C=O) groups is 1. The van der Waals surface area contributed by atoms with Crippen molar-refractivity contribution in [3.63, 3.8) is 0 Å². The smallest absolute Gasteiger partial charge is 0.406 e. The van der Waals surface area contributed by atoms with Crippen molar-refractivity contribution in [1.29, 1.82) is 0 Å². The van der Waals surface area contributed by atoms with Gasteiger partial charge in [0.25, 0.3) is 0 Å². The van der Waals surface area contributed by atoms with Gasteiger partial charge in [0.1, 0.15) is 5.75 Å². The Hall–Kier alpha value is -1.96. The molecule has 1 aromatic rings. The van der Waals surface area contributed by atoms with Crippen molar-refractivity contribution in [3.05, 3.63) is 24.3 Å². The summed E-state index contributed by atoms with van der Waals surface area (Å²) in [5, 5.41) is 12.2. The molecule has 2 N–H and O–H groups in total. The predicted molar refractivity (Wildman–Crippen MR) is 75.7 cm³/mol. The molecule has 1 aromatic carbocycles. The Balaban J connectivity index is 2.77. The zero-order valence-electron chi connectivity index (χ0n) is 12.6. The van der Waals surface area contributed by atoms with Crippen LogP contribution in [0.5, 0.6) is 5.75 Å². The van der Waals surface area contributed by atoms with Crippen LogP contribution in [0.15, 0.2) is 24.3 Å². The van der Waals surface area contributed by atoms with Crippen LogP contribution in [-0.4, -0.2) is 41.1 Å². The van der Waals surface area contributed by atoms with Gasteiger partial charge in [0.05, 0.1) is 12.1 Å². The normalized spacial score (nSPS) is 12.0. The van der Waals surface area contributed by atoms with Crippen molar-refractivity contribution in [2.24, 2.45) is 0 Å². The molecule has 0 aliphatic rings. The standard InChI is InChI=1S/C14H19F3N2O3/c1-4-19(9-13(2,3)21)12(20)18-10-6-5-7-11(8-10)22-14(15,16)17/h5-8,21H,4,9H2,1-3H3,(H,18,20). The van der Waals surface area contributed by atoms with Crippen molar-refractivity contribution >= 4 is 11.7 Å². The van der Waals surface area contributed by atoms with E-state index < -0.39 is 23.7 Å². The lowest BCUT2D eigenvalue weighted by molar-refractivity contribution is -0.274. The van der Waals surface area contributed by atoms with E-state index in [1.165, 1.54) is 17.0 Å². The molecule has 0 radical (unpaired) electrons. The number of aliphatic hydroxyl groups is 1. The summed E-state index contributed by atoms with van der Waals surface area (Å²) in [6.45, 7) is 5.28. The molecule has 0 saturated carbocycles. The van der Waals surface area contributed by atoms with Gasteiger partial charge in [0.15, 0.2) is 0 Å². The topological polar surface area (TPSA) is 61.8 Å². The van der Waals surface area contributed by atoms with E-state index in [-0.39, 0.29) is 12.2 Å². The van der Waals surface area contributed by atoms with E-state index >= 15 is 0 Å². The third-order valence-corrected chi connectivity index (χ3v) is 2.57. The number of ether oxygens (including phenoxy) is 1. The van der Waals surface area contributed by atoms with E-state index in [9.17, 15) is 23.1 Å². The number of nitrogens with one attached hydrogen (secondary N) is 1. The van der Waals surface area contributed by atoms with Gasteiger partial charge >= 0.3 is 12.4 Å². The van der Waals surface area contributed by atoms with Gasteiger partial charge in [-0.1, -0.05) is 6.07 Å². The Kier molecular flexibility index (Phi) is 5.65. The van der Waals surface area contributed by atoms with Crippen LogP contribution in [0.4, 0.5) is 23.7 Å². The van der Waals surface area contributed by atoms with Crippen molar-refractivity contribution in [2.75, 3.05) is 18.4 Å². The highest BCUT2D eigenvalue weighted by molar-refractivity contribution is 5.89. The molecular formula is C14H19F3N2O3. The highest BCUT2D eigenvalue weighted by Gasteiger charge is 2.31. The van der Waals surface area contributed by atoms with E-state index in [0.29, 0.717) is 6.54 Å². The van der Waals surface area contributed by atoms with E-state index in [4.69, 9.17) is 0 Å². The summed E-state index contributed by atoms with van der Waals surface area (Å²) in [5.74, 6) is -0.421. The van der Waals surface area contributed by atoms with Gasteiger partial charge in [0, 0.05) is 18.3 Å². The Morgan fingerprint density at radius 2 is 2.00 bits per heavy atom. The molecule has 0 aliphatic heterocycles. The maximum absolute atomic E-state index is 12.2. The second-order valence-corrected chi connectivity index (χ2v) is 5.33. The Labute approximate surface area is 126 Å². The number of benzene rings is 1. The fraction of sp³-hybridized carbons (Fsp3) is 0.500. The number of hydrogen-bond donors (Lipinski definition) is 2. The van der Waals surface area contributed by atoms with Crippen LogP contribution in [0.3, 0.4) is 0 Å². The Morgan fingerprint density at radius 3 is 2.50 bits per heavy atom. The third kappa shape index (κ3) is 6.66. The lowest BCUT2D eigenvalue weighted by Crippen LogP contribution is -2.44. The molecule has 0 fully saturated rings. The number of likely N-dealkylation sites (N-methyl/N-ethyl adjacent to an activating group) is 1. The average molecular weight is 320 g/mol. The first-order valence-electron chi connectivity index (χ1n) is 6.64. The molecule has 2 amide bonds. The molecule has 0 aliphatic carbocycles. The van der Waals surface area contributed by atoms with Crippen LogP contribution in [0, 0.1) is 0 Å². The third-order valence-electron chi connectivity index (χ3n) is 2.57. The molecule has 22 heavy (non-hydrogen) atoms. The summed E-state index contributed by atoms with van der Waals surface area (Å²) in [5.41, 5.74) is -0.907. The minimum atomic E-state index is -4.79. The van der Waals surface area contributed by atoms with E-state index in [0.717, 1.165) is 12.1 Å². The number of alkyl halides is 3. The maximum atomic E-state index is 12.2. The summed E-state index contributed by atoms with van der Waals surface area (Å²) in [4.78, 5) is 13.4. The number of urea groups is 1. The molecule has 0 spiro atoms. The maximum Gasteiger partial charge on any atom is 0.573 e.